The fourth-order valence-corrected chi connectivity index (χ4v) is 4.07. The van der Waals surface area contributed by atoms with Gasteiger partial charge < -0.3 is 9.80 Å². The Morgan fingerprint density at radius 2 is 2.10 bits per heavy atom. The van der Waals surface area contributed by atoms with Gasteiger partial charge in [0.2, 0.25) is 11.8 Å². The Morgan fingerprint density at radius 3 is 2.85 bits per heavy atom. The Morgan fingerprint density at radius 1 is 1.25 bits per heavy atom. The number of fused-ring (bicyclic) bond motifs is 1. The quantitative estimate of drug-likeness (QED) is 0.842. The third kappa shape index (κ3) is 2.69. The smallest absolute Gasteiger partial charge is 0.245 e. The minimum atomic E-state index is -0.241. The van der Waals surface area contributed by atoms with Gasteiger partial charge in [-0.3, -0.25) is 9.59 Å². The SMILES string of the molecule is O=C1C2CCCCN2C(=O)CCN1Cc1ccc(Cl)s1. The summed E-state index contributed by atoms with van der Waals surface area (Å²) in [6.45, 7) is 1.81. The van der Waals surface area contributed by atoms with Gasteiger partial charge in [-0.05, 0) is 31.4 Å². The van der Waals surface area contributed by atoms with Gasteiger partial charge in [-0.2, -0.15) is 0 Å². The molecule has 2 fully saturated rings. The second kappa shape index (κ2) is 5.74. The lowest BCUT2D eigenvalue weighted by molar-refractivity contribution is -0.143. The molecule has 2 aliphatic heterocycles. The van der Waals surface area contributed by atoms with Crippen LogP contribution in [0, 0.1) is 0 Å². The predicted molar refractivity (Wildman–Crippen MR) is 78.7 cm³/mol. The van der Waals surface area contributed by atoms with Gasteiger partial charge in [-0.1, -0.05) is 11.6 Å². The molecule has 0 N–H and O–H groups in total. The molecule has 0 aromatic carbocycles. The summed E-state index contributed by atoms with van der Waals surface area (Å²) in [6.07, 6.45) is 3.27. The summed E-state index contributed by atoms with van der Waals surface area (Å²) >= 11 is 7.43. The molecular weight excluding hydrogens is 296 g/mol. The van der Waals surface area contributed by atoms with E-state index in [0.29, 0.717) is 19.5 Å². The molecule has 0 aliphatic carbocycles. The molecule has 1 unspecified atom stereocenters. The molecule has 0 spiro atoms. The van der Waals surface area contributed by atoms with E-state index in [1.54, 1.807) is 4.90 Å². The van der Waals surface area contributed by atoms with Crippen molar-refractivity contribution in [3.8, 4) is 0 Å². The molecular formula is C14H17ClN2O2S. The highest BCUT2D eigenvalue weighted by atomic mass is 35.5. The van der Waals surface area contributed by atoms with Crippen LogP contribution in [0.4, 0.5) is 0 Å². The number of carbonyl (C=O) groups is 2. The van der Waals surface area contributed by atoms with Gasteiger partial charge in [0.1, 0.15) is 6.04 Å². The van der Waals surface area contributed by atoms with E-state index in [4.69, 9.17) is 11.6 Å². The van der Waals surface area contributed by atoms with Crippen LogP contribution < -0.4 is 0 Å². The van der Waals surface area contributed by atoms with Crippen molar-refractivity contribution in [1.82, 2.24) is 9.80 Å². The van der Waals surface area contributed by atoms with E-state index in [1.165, 1.54) is 11.3 Å². The molecule has 1 atom stereocenters. The highest BCUT2D eigenvalue weighted by molar-refractivity contribution is 7.16. The highest BCUT2D eigenvalue weighted by Crippen LogP contribution is 2.26. The van der Waals surface area contributed by atoms with Gasteiger partial charge in [-0.25, -0.2) is 0 Å². The monoisotopic (exact) mass is 312 g/mol. The van der Waals surface area contributed by atoms with Crippen molar-refractivity contribution in [1.29, 1.82) is 0 Å². The van der Waals surface area contributed by atoms with Crippen molar-refractivity contribution in [3.63, 3.8) is 0 Å². The van der Waals surface area contributed by atoms with Gasteiger partial charge in [0.05, 0.1) is 10.9 Å². The second-order valence-corrected chi connectivity index (χ2v) is 7.11. The number of thiophene rings is 1. The summed E-state index contributed by atoms with van der Waals surface area (Å²) < 4.78 is 0.734. The first kappa shape index (κ1) is 13.9. The number of piperidine rings is 1. The molecule has 0 radical (unpaired) electrons. The third-order valence-corrected chi connectivity index (χ3v) is 5.21. The van der Waals surface area contributed by atoms with E-state index in [-0.39, 0.29) is 17.9 Å². The number of hydrogen-bond donors (Lipinski definition) is 0. The number of nitrogens with zero attached hydrogens (tertiary/aromatic N) is 2. The average Bonchev–Trinajstić information content (AvgIpc) is 2.82. The molecule has 6 heteroatoms. The van der Waals surface area contributed by atoms with Gasteiger partial charge in [0, 0.05) is 24.4 Å². The molecule has 1 aromatic rings. The second-order valence-electron chi connectivity index (χ2n) is 5.31. The van der Waals surface area contributed by atoms with E-state index in [0.717, 1.165) is 35.0 Å². The van der Waals surface area contributed by atoms with Crippen molar-refractivity contribution < 1.29 is 9.59 Å². The van der Waals surface area contributed by atoms with E-state index in [9.17, 15) is 9.59 Å². The van der Waals surface area contributed by atoms with E-state index in [2.05, 4.69) is 0 Å². The standard InChI is InChI=1S/C14H17ClN2O2S/c15-12-5-4-10(20-12)9-16-8-6-13(18)17-7-2-1-3-11(17)14(16)19/h4-5,11H,1-3,6-9H2. The fraction of sp³-hybridized carbons (Fsp3) is 0.571. The van der Waals surface area contributed by atoms with E-state index in [1.807, 2.05) is 17.0 Å². The lowest BCUT2D eigenvalue weighted by Crippen LogP contribution is -2.49. The van der Waals surface area contributed by atoms with Crippen LogP contribution in [0.15, 0.2) is 12.1 Å². The number of rotatable bonds is 2. The minimum Gasteiger partial charge on any atom is -0.335 e. The van der Waals surface area contributed by atoms with Crippen LogP contribution in [0.5, 0.6) is 0 Å². The predicted octanol–water partition coefficient (Wildman–Crippen LogP) is 2.51. The number of amides is 2. The highest BCUT2D eigenvalue weighted by Gasteiger charge is 2.37. The molecule has 4 nitrogen and oxygen atoms in total. The summed E-state index contributed by atoms with van der Waals surface area (Å²) in [7, 11) is 0. The van der Waals surface area contributed by atoms with Crippen molar-refractivity contribution in [2.75, 3.05) is 13.1 Å². The van der Waals surface area contributed by atoms with Gasteiger partial charge in [0.25, 0.3) is 0 Å². The maximum absolute atomic E-state index is 12.6. The van der Waals surface area contributed by atoms with E-state index < -0.39 is 0 Å². The summed E-state index contributed by atoms with van der Waals surface area (Å²) in [5.41, 5.74) is 0. The Balaban J connectivity index is 1.78. The average molecular weight is 313 g/mol. The minimum absolute atomic E-state index is 0.0973. The summed E-state index contributed by atoms with van der Waals surface area (Å²) in [6, 6.07) is 3.56. The zero-order valence-corrected chi connectivity index (χ0v) is 12.8. The number of halogens is 1. The normalized spacial score (nSPS) is 23.8. The summed E-state index contributed by atoms with van der Waals surface area (Å²) in [5.74, 6) is 0.217. The first-order valence-corrected chi connectivity index (χ1v) is 8.17. The van der Waals surface area contributed by atoms with Crippen LogP contribution >= 0.6 is 22.9 Å². The lowest BCUT2D eigenvalue weighted by atomic mass is 10.0. The molecule has 20 heavy (non-hydrogen) atoms. The summed E-state index contributed by atoms with van der Waals surface area (Å²) in [5, 5.41) is 0. The first-order chi connectivity index (χ1) is 9.65. The van der Waals surface area contributed by atoms with Gasteiger partial charge >= 0.3 is 0 Å². The number of carbonyl (C=O) groups excluding carboxylic acids is 2. The summed E-state index contributed by atoms with van der Waals surface area (Å²) in [4.78, 5) is 29.4. The van der Waals surface area contributed by atoms with Gasteiger partial charge in [-0.15, -0.1) is 11.3 Å². The lowest BCUT2D eigenvalue weighted by Gasteiger charge is -2.34. The van der Waals surface area contributed by atoms with Crippen LogP contribution in [0.2, 0.25) is 4.34 Å². The zero-order chi connectivity index (χ0) is 14.1. The van der Waals surface area contributed by atoms with Crippen molar-refractivity contribution in [2.45, 2.75) is 38.3 Å². The molecule has 2 aliphatic rings. The molecule has 108 valence electrons. The molecule has 1 aromatic heterocycles. The largest absolute Gasteiger partial charge is 0.335 e. The molecule has 0 saturated carbocycles. The third-order valence-electron chi connectivity index (χ3n) is 3.99. The Bertz CT molecular complexity index is 531. The molecule has 2 amide bonds. The topological polar surface area (TPSA) is 40.6 Å². The fourth-order valence-electron chi connectivity index (χ4n) is 2.96. The number of hydrogen-bond acceptors (Lipinski definition) is 3. The molecule has 3 heterocycles. The zero-order valence-electron chi connectivity index (χ0n) is 11.2. The van der Waals surface area contributed by atoms with Gasteiger partial charge in [0.15, 0.2) is 0 Å². The van der Waals surface area contributed by atoms with Crippen LogP contribution in [-0.2, 0) is 16.1 Å². The van der Waals surface area contributed by atoms with E-state index >= 15 is 0 Å². The maximum Gasteiger partial charge on any atom is 0.245 e. The Hall–Kier alpha value is -1.07. The Kier molecular flexibility index (Phi) is 3.98. The molecule has 3 rings (SSSR count). The van der Waals surface area contributed by atoms with Crippen molar-refractivity contribution in [2.24, 2.45) is 0 Å². The van der Waals surface area contributed by atoms with Crippen LogP contribution in [-0.4, -0.2) is 40.7 Å². The molecule has 2 saturated heterocycles. The van der Waals surface area contributed by atoms with Crippen LogP contribution in [0.1, 0.15) is 30.6 Å². The van der Waals surface area contributed by atoms with Crippen molar-refractivity contribution in [3.05, 3.63) is 21.3 Å². The van der Waals surface area contributed by atoms with Crippen LogP contribution in [0.3, 0.4) is 0 Å². The van der Waals surface area contributed by atoms with Crippen molar-refractivity contribution >= 4 is 34.8 Å². The van der Waals surface area contributed by atoms with Crippen LogP contribution in [0.25, 0.3) is 0 Å². The Labute approximate surface area is 127 Å². The first-order valence-electron chi connectivity index (χ1n) is 6.97. The maximum atomic E-state index is 12.6. The molecule has 0 bridgehead atoms.